The summed E-state index contributed by atoms with van der Waals surface area (Å²) in [7, 11) is 9.63. The van der Waals surface area contributed by atoms with Crippen molar-refractivity contribution in [3.8, 4) is 0 Å². The van der Waals surface area contributed by atoms with Crippen LogP contribution in [0.1, 0.15) is 26.2 Å². The molecule has 4 nitrogen and oxygen atoms in total. The third-order valence-electron chi connectivity index (χ3n) is 3.19. The molecule has 118 valence electrons. The standard InChI is InChI=1S/C13H19N3O.2ClH.Pd/c1-10(17)16-13(11-6-2-4-8-14-11)12-7-3-5-9-15-12;;;/h2,4,6,8,11-13H,3,5,7,9H2,1H3,(H,16,17);2*1H;/q-2;;;+2/p-2. The SMILES string of the molecule is CC(=O)NC(C1C=CC=C[N-]1)C1CCCC[N-]1.[Cl][Pd][Cl]. The first-order valence-electron chi connectivity index (χ1n) is 6.48. The Morgan fingerprint density at radius 3 is 2.65 bits per heavy atom. The molecule has 1 N–H and O–H groups in total. The van der Waals surface area contributed by atoms with Crippen molar-refractivity contribution >= 4 is 25.0 Å². The number of hydrogen-bond acceptors (Lipinski definition) is 1. The average Bonchev–Trinajstić information content (AvgIpc) is 2.47. The van der Waals surface area contributed by atoms with Gasteiger partial charge >= 0.3 is 35.0 Å². The predicted molar refractivity (Wildman–Crippen MR) is 80.6 cm³/mol. The maximum absolute atomic E-state index is 11.3. The number of halogens is 2. The molecule has 0 aliphatic carbocycles. The molecule has 2 aliphatic rings. The second-order valence-electron chi connectivity index (χ2n) is 4.61. The van der Waals surface area contributed by atoms with Crippen LogP contribution in [-0.4, -0.2) is 30.6 Å². The van der Waals surface area contributed by atoms with Gasteiger partial charge in [0.05, 0.1) is 0 Å². The monoisotopic (exact) mass is 409 g/mol. The van der Waals surface area contributed by atoms with E-state index in [1.807, 2.05) is 18.2 Å². The fraction of sp³-hybridized carbons (Fsp3) is 0.615. The third kappa shape index (κ3) is 6.60. The second kappa shape index (κ2) is 10.6. The van der Waals surface area contributed by atoms with Gasteiger partial charge < -0.3 is 16.0 Å². The van der Waals surface area contributed by atoms with Crippen molar-refractivity contribution in [1.82, 2.24) is 5.32 Å². The fourth-order valence-corrected chi connectivity index (χ4v) is 2.39. The molecule has 1 saturated heterocycles. The molecule has 0 saturated carbocycles. The number of carbonyl (C=O) groups is 1. The molecule has 2 rings (SSSR count). The van der Waals surface area contributed by atoms with Crippen LogP contribution in [-0.2, 0) is 20.7 Å². The van der Waals surface area contributed by atoms with Crippen LogP contribution in [0.5, 0.6) is 0 Å². The molecule has 0 aromatic rings. The van der Waals surface area contributed by atoms with Crippen LogP contribution in [0.2, 0.25) is 0 Å². The van der Waals surface area contributed by atoms with Crippen LogP contribution < -0.4 is 5.32 Å². The Morgan fingerprint density at radius 2 is 2.15 bits per heavy atom. The molecule has 7 heteroatoms. The van der Waals surface area contributed by atoms with Gasteiger partial charge in [0.1, 0.15) is 0 Å². The first-order valence-corrected chi connectivity index (χ1v) is 10.5. The molecule has 0 bridgehead atoms. The number of piperidine rings is 1. The van der Waals surface area contributed by atoms with E-state index in [0.717, 1.165) is 13.0 Å². The molecule has 3 atom stereocenters. The Balaban J connectivity index is 0.000000612. The number of allylic oxidation sites excluding steroid dienone is 2. The van der Waals surface area contributed by atoms with E-state index < -0.39 is 0 Å². The van der Waals surface area contributed by atoms with E-state index in [4.69, 9.17) is 19.1 Å². The summed E-state index contributed by atoms with van der Waals surface area (Å²) in [6.07, 6.45) is 11.1. The van der Waals surface area contributed by atoms with E-state index in [1.165, 1.54) is 12.8 Å². The number of hydrogen-bond donors (Lipinski definition) is 1. The molecule has 0 aromatic heterocycles. The van der Waals surface area contributed by atoms with Crippen LogP contribution in [0.3, 0.4) is 0 Å². The van der Waals surface area contributed by atoms with E-state index in [0.29, 0.717) is 0 Å². The molecule has 0 radical (unpaired) electrons. The van der Waals surface area contributed by atoms with E-state index in [9.17, 15) is 4.79 Å². The molecule has 3 unspecified atom stereocenters. The van der Waals surface area contributed by atoms with Crippen molar-refractivity contribution in [2.24, 2.45) is 0 Å². The van der Waals surface area contributed by atoms with E-state index in [2.05, 4.69) is 16.0 Å². The fourth-order valence-electron chi connectivity index (χ4n) is 2.39. The second-order valence-corrected chi connectivity index (χ2v) is 6.97. The Labute approximate surface area is 136 Å². The summed E-state index contributed by atoms with van der Waals surface area (Å²) >= 11 is -0.106. The van der Waals surface area contributed by atoms with E-state index in [1.54, 1.807) is 13.1 Å². The minimum atomic E-state index is -0.106. The summed E-state index contributed by atoms with van der Waals surface area (Å²) in [5.74, 6) is -0.00562. The first kappa shape index (κ1) is 18.0. The summed E-state index contributed by atoms with van der Waals surface area (Å²) in [6.45, 7) is 2.46. The van der Waals surface area contributed by atoms with E-state index >= 15 is 0 Å². The Morgan fingerprint density at radius 1 is 1.40 bits per heavy atom. The number of carbonyl (C=O) groups excluding carboxylic acids is 1. The normalized spacial score (nSPS) is 26.1. The molecule has 2 heterocycles. The molecule has 0 spiro atoms. The number of amides is 1. The van der Waals surface area contributed by atoms with Gasteiger partial charge in [-0.3, -0.25) is 4.79 Å². The average molecular weight is 411 g/mol. The molecular formula is C13H19Cl2N3OPd-2. The molecule has 20 heavy (non-hydrogen) atoms. The summed E-state index contributed by atoms with van der Waals surface area (Å²) in [4.78, 5) is 11.3. The van der Waals surface area contributed by atoms with Gasteiger partial charge in [-0.2, -0.15) is 6.20 Å². The summed E-state index contributed by atoms with van der Waals surface area (Å²) < 4.78 is 0. The van der Waals surface area contributed by atoms with Crippen molar-refractivity contribution in [2.45, 2.75) is 44.3 Å². The molecular weight excluding hydrogens is 391 g/mol. The van der Waals surface area contributed by atoms with Gasteiger partial charge in [0.2, 0.25) is 5.91 Å². The Kier molecular flexibility index (Phi) is 9.58. The Hall–Kier alpha value is -0.0477. The number of nitrogens with zero attached hydrogens (tertiary/aromatic N) is 2. The van der Waals surface area contributed by atoms with Gasteiger partial charge in [0.25, 0.3) is 0 Å². The quantitative estimate of drug-likeness (QED) is 0.710. The topological polar surface area (TPSA) is 57.3 Å². The van der Waals surface area contributed by atoms with Crippen molar-refractivity contribution in [1.29, 1.82) is 0 Å². The summed E-state index contributed by atoms with van der Waals surface area (Å²) in [6, 6.07) is 0.238. The van der Waals surface area contributed by atoms with Gasteiger partial charge in [-0.25, -0.2) is 0 Å². The van der Waals surface area contributed by atoms with Crippen LogP contribution in [0.15, 0.2) is 24.4 Å². The first-order chi connectivity index (χ1) is 9.69. The summed E-state index contributed by atoms with van der Waals surface area (Å²) in [5.41, 5.74) is 0. The number of nitrogens with one attached hydrogen (secondary N) is 1. The van der Waals surface area contributed by atoms with Crippen molar-refractivity contribution in [3.05, 3.63) is 35.1 Å². The van der Waals surface area contributed by atoms with Gasteiger partial charge in [0, 0.05) is 13.0 Å². The van der Waals surface area contributed by atoms with Crippen LogP contribution in [0.25, 0.3) is 10.6 Å². The zero-order chi connectivity index (χ0) is 14.8. The molecule has 0 aromatic carbocycles. The minimum absolute atomic E-state index is 0.00562. The summed E-state index contributed by atoms with van der Waals surface area (Å²) in [5, 5.41) is 12.0. The van der Waals surface area contributed by atoms with Gasteiger partial charge in [-0.15, -0.1) is 12.6 Å². The molecule has 1 fully saturated rings. The third-order valence-corrected chi connectivity index (χ3v) is 3.19. The molecule has 1 amide bonds. The van der Waals surface area contributed by atoms with Gasteiger partial charge in [-0.05, 0) is 0 Å². The van der Waals surface area contributed by atoms with Crippen LogP contribution in [0.4, 0.5) is 0 Å². The van der Waals surface area contributed by atoms with Gasteiger partial charge in [0.15, 0.2) is 0 Å². The van der Waals surface area contributed by atoms with Crippen LogP contribution in [0, 0.1) is 0 Å². The zero-order valence-corrected chi connectivity index (χ0v) is 14.3. The van der Waals surface area contributed by atoms with Gasteiger partial charge in [-0.1, -0.05) is 43.5 Å². The molecule has 2 aliphatic heterocycles. The van der Waals surface area contributed by atoms with Crippen LogP contribution >= 0.6 is 19.1 Å². The Bertz CT molecular complexity index is 347. The maximum atomic E-state index is 11.3. The van der Waals surface area contributed by atoms with Crippen molar-refractivity contribution in [2.75, 3.05) is 6.54 Å². The zero-order valence-electron chi connectivity index (χ0n) is 11.2. The van der Waals surface area contributed by atoms with Crippen molar-refractivity contribution < 1.29 is 20.7 Å². The number of rotatable bonds is 3. The predicted octanol–water partition coefficient (Wildman–Crippen LogP) is 3.62. The van der Waals surface area contributed by atoms with E-state index in [-0.39, 0.29) is 40.0 Å². The van der Waals surface area contributed by atoms with Crippen molar-refractivity contribution in [3.63, 3.8) is 0 Å².